The molecule has 0 saturated heterocycles. The van der Waals surface area contributed by atoms with Crippen LogP contribution < -0.4 is 15.4 Å². The summed E-state index contributed by atoms with van der Waals surface area (Å²) in [5.74, 6) is 0.0551. The Kier molecular flexibility index (Phi) is 4.67. The topological polar surface area (TPSA) is 109 Å². The third-order valence-electron chi connectivity index (χ3n) is 5.23. The molecule has 31 heavy (non-hydrogen) atoms. The molecule has 9 heteroatoms. The van der Waals surface area contributed by atoms with Crippen molar-refractivity contribution in [2.24, 2.45) is 0 Å². The van der Waals surface area contributed by atoms with Gasteiger partial charge in [0.15, 0.2) is 5.13 Å². The maximum atomic E-state index is 13.1. The van der Waals surface area contributed by atoms with Gasteiger partial charge in [0, 0.05) is 29.8 Å². The number of amides is 2. The molecule has 0 bridgehead atoms. The number of thiazole rings is 1. The van der Waals surface area contributed by atoms with Crippen LogP contribution in [0.2, 0.25) is 0 Å². The van der Waals surface area contributed by atoms with Crippen molar-refractivity contribution in [1.82, 2.24) is 15.2 Å². The highest BCUT2D eigenvalue weighted by atomic mass is 32.1. The first-order valence-electron chi connectivity index (χ1n) is 9.76. The van der Waals surface area contributed by atoms with Crippen LogP contribution in [-0.2, 0) is 17.6 Å². The predicted octanol–water partition coefficient (Wildman–Crippen LogP) is 4.00. The van der Waals surface area contributed by atoms with Gasteiger partial charge < -0.3 is 15.4 Å². The van der Waals surface area contributed by atoms with E-state index in [1.54, 1.807) is 13.2 Å². The van der Waals surface area contributed by atoms with Crippen LogP contribution in [0.4, 0.5) is 10.8 Å². The minimum absolute atomic E-state index is 0.197. The molecule has 156 valence electrons. The lowest BCUT2D eigenvalue weighted by atomic mass is 9.89. The van der Waals surface area contributed by atoms with Gasteiger partial charge in [0.2, 0.25) is 5.91 Å². The quantitative estimate of drug-likeness (QED) is 0.451. The molecule has 0 spiro atoms. The number of fused-ring (bicyclic) bond motifs is 4. The smallest absolute Gasteiger partial charge is 0.273 e. The fourth-order valence-electron chi connectivity index (χ4n) is 3.87. The number of aromatic amines is 1. The molecule has 0 saturated carbocycles. The number of aryl methyl sites for hydroxylation is 1. The molecule has 1 aliphatic carbocycles. The van der Waals surface area contributed by atoms with E-state index in [4.69, 9.17) is 4.74 Å². The van der Waals surface area contributed by atoms with E-state index < -0.39 is 0 Å². The van der Waals surface area contributed by atoms with Crippen LogP contribution in [0.25, 0.3) is 21.5 Å². The molecule has 8 nitrogen and oxygen atoms in total. The number of ether oxygens (including phenoxy) is 1. The van der Waals surface area contributed by atoms with E-state index in [2.05, 4.69) is 31.9 Å². The Morgan fingerprint density at radius 3 is 2.81 bits per heavy atom. The Morgan fingerprint density at radius 1 is 1.16 bits per heavy atom. The molecule has 0 unspecified atom stereocenters. The van der Waals surface area contributed by atoms with E-state index in [0.29, 0.717) is 27.8 Å². The number of anilines is 2. The van der Waals surface area contributed by atoms with Crippen LogP contribution in [-0.4, -0.2) is 34.1 Å². The second-order valence-corrected chi connectivity index (χ2v) is 8.29. The summed E-state index contributed by atoms with van der Waals surface area (Å²) in [5, 5.41) is 13.4. The van der Waals surface area contributed by atoms with Gasteiger partial charge in [0.05, 0.1) is 17.5 Å². The van der Waals surface area contributed by atoms with Crippen molar-refractivity contribution in [1.29, 1.82) is 0 Å². The molecule has 0 atom stereocenters. The predicted molar refractivity (Wildman–Crippen MR) is 120 cm³/mol. The van der Waals surface area contributed by atoms with Crippen molar-refractivity contribution >= 4 is 44.2 Å². The number of aromatic nitrogens is 3. The molecule has 1 aliphatic rings. The zero-order valence-electron chi connectivity index (χ0n) is 16.9. The highest BCUT2D eigenvalue weighted by molar-refractivity contribution is 7.22. The summed E-state index contributed by atoms with van der Waals surface area (Å²) in [6, 6.07) is 11.7. The van der Waals surface area contributed by atoms with Gasteiger partial charge in [-0.3, -0.25) is 14.7 Å². The minimum atomic E-state index is -0.263. The van der Waals surface area contributed by atoms with Crippen LogP contribution in [0.5, 0.6) is 5.75 Å². The van der Waals surface area contributed by atoms with Gasteiger partial charge in [-0.05, 0) is 24.5 Å². The molecule has 0 aliphatic heterocycles. The summed E-state index contributed by atoms with van der Waals surface area (Å²) >= 11 is 1.31. The lowest BCUT2D eigenvalue weighted by molar-refractivity contribution is -0.114. The first-order chi connectivity index (χ1) is 15.0. The SMILES string of the molecule is COc1cc(NC(=O)c2[nH]nc3c2CCc2ccccc2-3)cc2sc(NC(C)=O)nc12. The van der Waals surface area contributed by atoms with Gasteiger partial charge in [-0.2, -0.15) is 5.10 Å². The van der Waals surface area contributed by atoms with Gasteiger partial charge >= 0.3 is 0 Å². The number of nitrogens with one attached hydrogen (secondary N) is 3. The minimum Gasteiger partial charge on any atom is -0.494 e. The Hall–Kier alpha value is -3.72. The van der Waals surface area contributed by atoms with Crippen LogP contribution in [0.15, 0.2) is 36.4 Å². The Bertz CT molecular complexity index is 1340. The lowest BCUT2D eigenvalue weighted by Gasteiger charge is -2.15. The third kappa shape index (κ3) is 3.42. The number of nitrogens with zero attached hydrogens (tertiary/aromatic N) is 2. The Balaban J connectivity index is 1.46. The molecule has 4 aromatic rings. The molecular weight excluding hydrogens is 414 g/mol. The van der Waals surface area contributed by atoms with Crippen molar-refractivity contribution in [3.8, 4) is 17.0 Å². The van der Waals surface area contributed by atoms with Crippen molar-refractivity contribution in [3.05, 3.63) is 53.2 Å². The Labute approximate surface area is 181 Å². The maximum absolute atomic E-state index is 13.1. The molecule has 5 rings (SSSR count). The van der Waals surface area contributed by atoms with Crippen molar-refractivity contribution in [3.63, 3.8) is 0 Å². The summed E-state index contributed by atoms with van der Waals surface area (Å²) in [6.07, 6.45) is 1.62. The number of methoxy groups -OCH3 is 1. The molecule has 2 aromatic heterocycles. The largest absolute Gasteiger partial charge is 0.494 e. The number of H-pyrrole nitrogens is 1. The van der Waals surface area contributed by atoms with E-state index >= 15 is 0 Å². The first-order valence-corrected chi connectivity index (χ1v) is 10.6. The molecule has 2 heterocycles. The van der Waals surface area contributed by atoms with Crippen LogP contribution in [0, 0.1) is 0 Å². The number of carbonyl (C=O) groups is 2. The number of carbonyl (C=O) groups excluding carboxylic acids is 2. The normalized spacial score (nSPS) is 12.2. The summed E-state index contributed by atoms with van der Waals surface area (Å²) < 4.78 is 6.24. The number of rotatable bonds is 4. The fraction of sp³-hybridized carbons (Fsp3) is 0.182. The number of benzene rings is 2. The molecular formula is C22H19N5O3S. The summed E-state index contributed by atoms with van der Waals surface area (Å²) in [4.78, 5) is 28.8. The fourth-order valence-corrected chi connectivity index (χ4v) is 4.84. The maximum Gasteiger partial charge on any atom is 0.273 e. The zero-order valence-corrected chi connectivity index (χ0v) is 17.7. The van der Waals surface area contributed by atoms with Gasteiger partial charge in [-0.1, -0.05) is 35.6 Å². The van der Waals surface area contributed by atoms with Crippen LogP contribution >= 0.6 is 11.3 Å². The van der Waals surface area contributed by atoms with Gasteiger partial charge in [-0.15, -0.1) is 0 Å². The van der Waals surface area contributed by atoms with Crippen molar-refractivity contribution in [2.45, 2.75) is 19.8 Å². The molecule has 0 radical (unpaired) electrons. The van der Waals surface area contributed by atoms with Crippen molar-refractivity contribution in [2.75, 3.05) is 17.7 Å². The van der Waals surface area contributed by atoms with E-state index in [1.165, 1.54) is 23.8 Å². The van der Waals surface area contributed by atoms with Crippen molar-refractivity contribution < 1.29 is 14.3 Å². The van der Waals surface area contributed by atoms with E-state index in [1.807, 2.05) is 24.3 Å². The van der Waals surface area contributed by atoms with Gasteiger partial charge in [0.25, 0.3) is 5.91 Å². The number of hydrogen-bond acceptors (Lipinski definition) is 6. The molecule has 2 amide bonds. The first kappa shape index (κ1) is 19.3. The standard InChI is InChI=1S/C22H19N5O3S/c1-11(28)23-22-25-20-16(30-2)9-13(10-17(20)31-22)24-21(29)19-15-8-7-12-5-3-4-6-14(12)18(15)26-27-19/h3-6,9-10H,7-8H2,1-2H3,(H,24,29)(H,26,27)(H,23,25,28). The van der Waals surface area contributed by atoms with Gasteiger partial charge in [0.1, 0.15) is 17.0 Å². The highest BCUT2D eigenvalue weighted by Crippen LogP contribution is 2.36. The Morgan fingerprint density at radius 2 is 2.00 bits per heavy atom. The molecule has 0 fully saturated rings. The highest BCUT2D eigenvalue weighted by Gasteiger charge is 2.25. The third-order valence-corrected chi connectivity index (χ3v) is 6.15. The zero-order chi connectivity index (χ0) is 21.5. The van der Waals surface area contributed by atoms with E-state index in [9.17, 15) is 9.59 Å². The summed E-state index contributed by atoms with van der Waals surface area (Å²) in [5.41, 5.74) is 5.74. The summed E-state index contributed by atoms with van der Waals surface area (Å²) in [6.45, 7) is 1.43. The second-order valence-electron chi connectivity index (χ2n) is 7.26. The van der Waals surface area contributed by atoms with Gasteiger partial charge in [-0.25, -0.2) is 4.98 Å². The van der Waals surface area contributed by atoms with E-state index in [-0.39, 0.29) is 11.8 Å². The second kappa shape index (κ2) is 7.51. The monoisotopic (exact) mass is 433 g/mol. The van der Waals surface area contributed by atoms with E-state index in [0.717, 1.165) is 34.4 Å². The molecule has 3 N–H and O–H groups in total. The average Bonchev–Trinajstić information content (AvgIpc) is 3.36. The molecule has 2 aromatic carbocycles. The number of hydrogen-bond donors (Lipinski definition) is 3. The summed E-state index contributed by atoms with van der Waals surface area (Å²) in [7, 11) is 1.54. The average molecular weight is 433 g/mol. The lowest BCUT2D eigenvalue weighted by Crippen LogP contribution is -2.15. The van der Waals surface area contributed by atoms with Crippen LogP contribution in [0.1, 0.15) is 28.5 Å². The van der Waals surface area contributed by atoms with Crippen LogP contribution in [0.3, 0.4) is 0 Å².